The molecule has 1 aliphatic rings. The monoisotopic (exact) mass is 312 g/mol. The van der Waals surface area contributed by atoms with Crippen LogP contribution in [0.5, 0.6) is 0 Å². The Hall–Kier alpha value is -2.34. The summed E-state index contributed by atoms with van der Waals surface area (Å²) in [6, 6.07) is 0. The Kier molecular flexibility index (Phi) is 3.21. The third-order valence-corrected chi connectivity index (χ3v) is 3.66. The fraction of sp³-hybridized carbons (Fsp3) is 0.455. The van der Waals surface area contributed by atoms with Crippen molar-refractivity contribution < 1.29 is 30.0 Å². The molecule has 0 saturated carbocycles. The van der Waals surface area contributed by atoms with Crippen molar-refractivity contribution in [2.45, 2.75) is 24.0 Å². The van der Waals surface area contributed by atoms with Crippen LogP contribution in [0.2, 0.25) is 0 Å². The molecule has 1 fully saturated rings. The van der Waals surface area contributed by atoms with Gasteiger partial charge in [0.25, 0.3) is 5.56 Å². The number of H-pyrrole nitrogens is 1. The first-order chi connectivity index (χ1) is 10.4. The Morgan fingerprint density at radius 2 is 2.18 bits per heavy atom. The van der Waals surface area contributed by atoms with Gasteiger partial charge in [-0.2, -0.15) is 0 Å². The third kappa shape index (κ3) is 1.77. The average Bonchev–Trinajstić information content (AvgIpc) is 3.02. The number of carboxylic acid groups (broad SMARTS) is 1. The highest BCUT2D eigenvalue weighted by Crippen LogP contribution is 2.38. The van der Waals surface area contributed by atoms with Crippen LogP contribution < -0.4 is 5.56 Å². The van der Waals surface area contributed by atoms with Crippen molar-refractivity contribution in [3.05, 3.63) is 23.0 Å². The number of rotatable bonds is 3. The van der Waals surface area contributed by atoms with E-state index in [1.807, 2.05) is 0 Å². The largest absolute Gasteiger partial charge is 0.479 e. The van der Waals surface area contributed by atoms with Gasteiger partial charge in [-0.3, -0.25) is 9.36 Å². The van der Waals surface area contributed by atoms with E-state index in [4.69, 9.17) is 4.74 Å². The van der Waals surface area contributed by atoms with Crippen LogP contribution >= 0.6 is 0 Å². The first-order valence-corrected chi connectivity index (χ1v) is 6.21. The van der Waals surface area contributed by atoms with Gasteiger partial charge >= 0.3 is 5.97 Å². The second kappa shape index (κ2) is 4.84. The number of aromatic amines is 1. The molecule has 3 heterocycles. The van der Waals surface area contributed by atoms with Crippen LogP contribution in [0.25, 0.3) is 11.2 Å². The number of aliphatic hydroxyl groups is 3. The Balaban J connectivity index is 2.10. The zero-order valence-electron chi connectivity index (χ0n) is 10.9. The first kappa shape index (κ1) is 14.6. The third-order valence-electron chi connectivity index (χ3n) is 3.66. The summed E-state index contributed by atoms with van der Waals surface area (Å²) >= 11 is 0. The van der Waals surface area contributed by atoms with Gasteiger partial charge < -0.3 is 30.1 Å². The highest BCUT2D eigenvalue weighted by Gasteiger charge is 2.60. The molecule has 4 atom stereocenters. The van der Waals surface area contributed by atoms with Gasteiger partial charge in [-0.15, -0.1) is 0 Å². The van der Waals surface area contributed by atoms with Crippen LogP contribution in [-0.4, -0.2) is 70.3 Å². The first-order valence-electron chi connectivity index (χ1n) is 6.21. The van der Waals surface area contributed by atoms with Crippen LogP contribution in [0.15, 0.2) is 17.4 Å². The molecule has 3 rings (SSSR count). The number of aliphatic hydroxyl groups excluding tert-OH is 3. The van der Waals surface area contributed by atoms with Crippen molar-refractivity contribution in [3.8, 4) is 0 Å². The maximum absolute atomic E-state index is 11.6. The predicted molar refractivity (Wildman–Crippen MR) is 67.7 cm³/mol. The lowest BCUT2D eigenvalue weighted by molar-refractivity contribution is -0.183. The second-order valence-corrected chi connectivity index (χ2v) is 4.85. The number of carboxylic acids is 1. The van der Waals surface area contributed by atoms with Gasteiger partial charge in [0.1, 0.15) is 12.2 Å². The lowest BCUT2D eigenvalue weighted by Gasteiger charge is -2.24. The lowest BCUT2D eigenvalue weighted by atomic mass is 9.96. The van der Waals surface area contributed by atoms with Gasteiger partial charge in [-0.25, -0.2) is 14.8 Å². The molecule has 0 bridgehead atoms. The highest BCUT2D eigenvalue weighted by atomic mass is 16.6. The van der Waals surface area contributed by atoms with Crippen LogP contribution in [0, 0.1) is 0 Å². The van der Waals surface area contributed by atoms with E-state index in [9.17, 15) is 30.0 Å². The molecule has 0 unspecified atom stereocenters. The molecule has 11 heteroatoms. The van der Waals surface area contributed by atoms with Crippen LogP contribution in [-0.2, 0) is 9.53 Å². The molecule has 1 saturated heterocycles. The molecule has 5 N–H and O–H groups in total. The quantitative estimate of drug-likeness (QED) is 0.401. The van der Waals surface area contributed by atoms with Gasteiger partial charge in [-0.05, 0) is 0 Å². The SMILES string of the molecule is O=C(O)[C@]1(CO)O[C@@H](n2cnc3c(=O)[nH]cnc32)[C@H](O)[C@@H]1O. The fourth-order valence-corrected chi connectivity index (χ4v) is 2.43. The van der Waals surface area contributed by atoms with Crippen molar-refractivity contribution in [1.29, 1.82) is 0 Å². The van der Waals surface area contributed by atoms with E-state index >= 15 is 0 Å². The summed E-state index contributed by atoms with van der Waals surface area (Å²) in [6.45, 7) is -1.04. The molecular weight excluding hydrogens is 300 g/mol. The van der Waals surface area contributed by atoms with Crippen molar-refractivity contribution in [2.24, 2.45) is 0 Å². The van der Waals surface area contributed by atoms with E-state index in [1.54, 1.807) is 0 Å². The molecule has 2 aromatic heterocycles. The van der Waals surface area contributed by atoms with Gasteiger partial charge in [0.15, 0.2) is 17.4 Å². The predicted octanol–water partition coefficient (Wildman–Crippen LogP) is -2.81. The molecular formula is C11H12N4O7. The van der Waals surface area contributed by atoms with Crippen LogP contribution in [0.3, 0.4) is 0 Å². The summed E-state index contributed by atoms with van der Waals surface area (Å²) in [5.74, 6) is -1.63. The number of nitrogens with zero attached hydrogens (tertiary/aromatic N) is 3. The Morgan fingerprint density at radius 3 is 2.77 bits per heavy atom. The van der Waals surface area contributed by atoms with E-state index in [1.165, 1.54) is 0 Å². The number of carbonyl (C=O) groups is 1. The number of nitrogens with one attached hydrogen (secondary N) is 1. The highest BCUT2D eigenvalue weighted by molar-refractivity contribution is 5.79. The second-order valence-electron chi connectivity index (χ2n) is 4.85. The maximum Gasteiger partial charge on any atom is 0.341 e. The molecule has 1 aliphatic heterocycles. The molecule has 0 radical (unpaired) electrons. The average molecular weight is 312 g/mol. The van der Waals surface area contributed by atoms with E-state index in [2.05, 4.69) is 15.0 Å². The minimum absolute atomic E-state index is 0.0374. The summed E-state index contributed by atoms with van der Waals surface area (Å²) in [5.41, 5.74) is -2.89. The number of imidazole rings is 1. The molecule has 0 amide bonds. The van der Waals surface area contributed by atoms with Crippen molar-refractivity contribution in [2.75, 3.05) is 6.61 Å². The smallest absolute Gasteiger partial charge is 0.341 e. The Morgan fingerprint density at radius 1 is 1.45 bits per heavy atom. The Bertz CT molecular complexity index is 786. The lowest BCUT2D eigenvalue weighted by Crippen LogP contribution is -2.52. The van der Waals surface area contributed by atoms with E-state index in [0.29, 0.717) is 0 Å². The van der Waals surface area contributed by atoms with Gasteiger partial charge in [0.2, 0.25) is 5.60 Å². The van der Waals surface area contributed by atoms with E-state index in [0.717, 1.165) is 17.2 Å². The number of fused-ring (bicyclic) bond motifs is 1. The van der Waals surface area contributed by atoms with Gasteiger partial charge in [0.05, 0.1) is 19.3 Å². The normalized spacial score (nSPS) is 31.7. The number of ether oxygens (including phenoxy) is 1. The van der Waals surface area contributed by atoms with E-state index < -0.39 is 42.2 Å². The van der Waals surface area contributed by atoms with Gasteiger partial charge in [0, 0.05) is 0 Å². The topological polar surface area (TPSA) is 171 Å². The van der Waals surface area contributed by atoms with Crippen LogP contribution in [0.1, 0.15) is 6.23 Å². The van der Waals surface area contributed by atoms with Crippen molar-refractivity contribution >= 4 is 17.1 Å². The van der Waals surface area contributed by atoms with Crippen molar-refractivity contribution in [1.82, 2.24) is 19.5 Å². The minimum atomic E-state index is -2.37. The minimum Gasteiger partial charge on any atom is -0.479 e. The summed E-state index contributed by atoms with van der Waals surface area (Å²) in [7, 11) is 0. The van der Waals surface area contributed by atoms with Crippen LogP contribution in [0.4, 0.5) is 0 Å². The summed E-state index contributed by atoms with van der Waals surface area (Å²) in [6.07, 6.45) is -2.68. The maximum atomic E-state index is 11.6. The molecule has 22 heavy (non-hydrogen) atoms. The zero-order valence-corrected chi connectivity index (χ0v) is 10.9. The number of aliphatic carboxylic acids is 1. The molecule has 0 aliphatic carbocycles. The molecule has 0 aromatic carbocycles. The van der Waals surface area contributed by atoms with Crippen molar-refractivity contribution in [3.63, 3.8) is 0 Å². The molecule has 11 nitrogen and oxygen atoms in total. The molecule has 118 valence electrons. The number of aromatic nitrogens is 4. The summed E-state index contributed by atoms with van der Waals surface area (Å²) < 4.78 is 6.32. The fourth-order valence-electron chi connectivity index (χ4n) is 2.43. The summed E-state index contributed by atoms with van der Waals surface area (Å²) in [4.78, 5) is 32.9. The summed E-state index contributed by atoms with van der Waals surface area (Å²) in [5, 5.41) is 38.4. The zero-order chi connectivity index (χ0) is 16.1. The Labute approximate surface area is 121 Å². The number of hydrogen-bond donors (Lipinski definition) is 5. The van der Waals surface area contributed by atoms with Gasteiger partial charge in [-0.1, -0.05) is 0 Å². The molecule has 2 aromatic rings. The standard InChI is InChI=1S/C11H12N4O7/c16-1-11(10(20)21)6(18)5(17)9(22-11)15-3-14-4-7(15)12-2-13-8(4)19/h2-3,5-6,9,16-18H,1H2,(H,20,21)(H,12,13,19)/t5-,6+,9-,11-/m1/s1. The van der Waals surface area contributed by atoms with E-state index in [-0.39, 0.29) is 11.2 Å². The molecule has 0 spiro atoms. The number of hydrogen-bond acceptors (Lipinski definition) is 8.